The molecule has 0 aliphatic heterocycles. The first-order valence-electron chi connectivity index (χ1n) is 5.10. The zero-order valence-electron chi connectivity index (χ0n) is 9.56. The molecule has 2 heteroatoms. The summed E-state index contributed by atoms with van der Waals surface area (Å²) in [4.78, 5) is 4.46. The molecule has 0 aromatic carbocycles. The van der Waals surface area contributed by atoms with Crippen LogP contribution in [0.2, 0.25) is 5.15 Å². The molecule has 0 radical (unpaired) electrons. The van der Waals surface area contributed by atoms with E-state index >= 15 is 0 Å². The lowest BCUT2D eigenvalue weighted by atomic mass is 9.99. The molecule has 1 aromatic rings. The van der Waals surface area contributed by atoms with Crippen molar-refractivity contribution >= 4 is 11.6 Å². The lowest BCUT2D eigenvalue weighted by Crippen LogP contribution is -2.01. The van der Waals surface area contributed by atoms with Gasteiger partial charge in [0.2, 0.25) is 0 Å². The Morgan fingerprint density at radius 1 is 1.14 bits per heavy atom. The van der Waals surface area contributed by atoms with Gasteiger partial charge in [-0.05, 0) is 29.9 Å². The molecule has 0 spiro atoms. The second-order valence-electron chi connectivity index (χ2n) is 4.38. The third-order valence-electron chi connectivity index (χ3n) is 2.40. The van der Waals surface area contributed by atoms with Crippen molar-refractivity contribution in [3.8, 4) is 0 Å². The molecule has 0 aliphatic carbocycles. The van der Waals surface area contributed by atoms with Crippen LogP contribution in [0.25, 0.3) is 0 Å². The molecule has 1 nitrogen and oxygen atoms in total. The quantitative estimate of drug-likeness (QED) is 0.665. The molecule has 0 unspecified atom stereocenters. The van der Waals surface area contributed by atoms with E-state index in [1.54, 1.807) is 0 Å². The number of aryl methyl sites for hydroxylation is 1. The van der Waals surface area contributed by atoms with Crippen molar-refractivity contribution in [2.24, 2.45) is 0 Å². The van der Waals surface area contributed by atoms with E-state index in [4.69, 9.17) is 11.6 Å². The van der Waals surface area contributed by atoms with Crippen LogP contribution in [0.1, 0.15) is 56.4 Å². The highest BCUT2D eigenvalue weighted by molar-refractivity contribution is 6.30. The van der Waals surface area contributed by atoms with Crippen LogP contribution in [0, 0.1) is 6.92 Å². The van der Waals surface area contributed by atoms with Gasteiger partial charge < -0.3 is 0 Å². The summed E-state index contributed by atoms with van der Waals surface area (Å²) in [5, 5.41) is 0.661. The minimum atomic E-state index is 0.439. The molecular formula is C12H18ClN. The average molecular weight is 212 g/mol. The van der Waals surface area contributed by atoms with Crippen LogP contribution in [-0.4, -0.2) is 4.98 Å². The molecule has 0 amide bonds. The molecule has 0 saturated carbocycles. The van der Waals surface area contributed by atoms with E-state index in [1.165, 1.54) is 5.56 Å². The van der Waals surface area contributed by atoms with Crippen molar-refractivity contribution in [1.82, 2.24) is 4.98 Å². The van der Waals surface area contributed by atoms with Crippen molar-refractivity contribution in [2.45, 2.75) is 46.5 Å². The summed E-state index contributed by atoms with van der Waals surface area (Å²) < 4.78 is 0. The Morgan fingerprint density at radius 3 is 2.14 bits per heavy atom. The maximum absolute atomic E-state index is 6.13. The Morgan fingerprint density at radius 2 is 1.71 bits per heavy atom. The van der Waals surface area contributed by atoms with Crippen LogP contribution in [0.3, 0.4) is 0 Å². The topological polar surface area (TPSA) is 12.9 Å². The van der Waals surface area contributed by atoms with Gasteiger partial charge in [-0.3, -0.25) is 0 Å². The zero-order chi connectivity index (χ0) is 10.9. The van der Waals surface area contributed by atoms with E-state index in [9.17, 15) is 0 Å². The van der Waals surface area contributed by atoms with Crippen LogP contribution < -0.4 is 0 Å². The van der Waals surface area contributed by atoms with Crippen molar-refractivity contribution in [3.05, 3.63) is 28.0 Å². The van der Waals surface area contributed by atoms with Crippen LogP contribution in [0.5, 0.6) is 0 Å². The lowest BCUT2D eigenvalue weighted by molar-refractivity contribution is 0.792. The number of halogens is 1. The number of nitrogens with zero attached hydrogens (tertiary/aromatic N) is 1. The smallest absolute Gasteiger partial charge is 0.132 e. The Kier molecular flexibility index (Phi) is 3.54. The van der Waals surface area contributed by atoms with Crippen LogP contribution >= 0.6 is 11.6 Å². The fraction of sp³-hybridized carbons (Fsp3) is 0.583. The van der Waals surface area contributed by atoms with E-state index in [0.717, 1.165) is 11.3 Å². The Labute approximate surface area is 91.5 Å². The molecular weight excluding hydrogens is 194 g/mol. The number of rotatable bonds is 2. The molecule has 0 saturated heterocycles. The Balaban J connectivity index is 3.24. The summed E-state index contributed by atoms with van der Waals surface area (Å²) in [7, 11) is 0. The molecule has 0 bridgehead atoms. The van der Waals surface area contributed by atoms with Gasteiger partial charge in [-0.15, -0.1) is 0 Å². The molecule has 0 aliphatic rings. The van der Waals surface area contributed by atoms with E-state index in [1.807, 2.05) is 0 Å². The molecule has 14 heavy (non-hydrogen) atoms. The molecule has 1 rings (SSSR count). The molecule has 1 heterocycles. The van der Waals surface area contributed by atoms with Gasteiger partial charge in [0, 0.05) is 5.69 Å². The monoisotopic (exact) mass is 211 g/mol. The summed E-state index contributed by atoms with van der Waals surface area (Å²) in [5.74, 6) is 0.878. The zero-order valence-corrected chi connectivity index (χ0v) is 10.3. The fourth-order valence-corrected chi connectivity index (χ4v) is 1.98. The fourth-order valence-electron chi connectivity index (χ4n) is 1.61. The second kappa shape index (κ2) is 4.31. The summed E-state index contributed by atoms with van der Waals surface area (Å²) >= 11 is 6.13. The van der Waals surface area contributed by atoms with Gasteiger partial charge in [0.1, 0.15) is 5.15 Å². The average Bonchev–Trinajstić information content (AvgIpc) is 2.07. The van der Waals surface area contributed by atoms with Gasteiger partial charge in [-0.25, -0.2) is 4.98 Å². The van der Waals surface area contributed by atoms with Crippen molar-refractivity contribution in [1.29, 1.82) is 0 Å². The van der Waals surface area contributed by atoms with Crippen molar-refractivity contribution in [2.75, 3.05) is 0 Å². The standard InChI is InChI=1S/C12H18ClN/c1-7(2)10-6-9(5)11(8(3)4)14-12(10)13/h6-8H,1-5H3. The van der Waals surface area contributed by atoms with Gasteiger partial charge in [0.05, 0.1) is 0 Å². The lowest BCUT2D eigenvalue weighted by Gasteiger charge is -2.14. The first-order valence-corrected chi connectivity index (χ1v) is 5.48. The maximum atomic E-state index is 6.13. The minimum Gasteiger partial charge on any atom is -0.240 e. The van der Waals surface area contributed by atoms with E-state index in [0.29, 0.717) is 17.0 Å². The Hall–Kier alpha value is -0.560. The largest absolute Gasteiger partial charge is 0.240 e. The summed E-state index contributed by atoms with van der Waals surface area (Å²) in [6, 6.07) is 2.16. The third-order valence-corrected chi connectivity index (χ3v) is 2.70. The minimum absolute atomic E-state index is 0.439. The predicted molar refractivity (Wildman–Crippen MR) is 62.2 cm³/mol. The molecule has 78 valence electrons. The van der Waals surface area contributed by atoms with Gasteiger partial charge in [-0.2, -0.15) is 0 Å². The van der Waals surface area contributed by atoms with Gasteiger partial charge in [0.25, 0.3) is 0 Å². The summed E-state index contributed by atoms with van der Waals surface area (Å²) in [6.07, 6.45) is 0. The van der Waals surface area contributed by atoms with Crippen molar-refractivity contribution < 1.29 is 0 Å². The van der Waals surface area contributed by atoms with Crippen LogP contribution in [-0.2, 0) is 0 Å². The van der Waals surface area contributed by atoms with Gasteiger partial charge in [-0.1, -0.05) is 45.4 Å². The molecule has 1 aromatic heterocycles. The predicted octanol–water partition coefficient (Wildman–Crippen LogP) is 4.29. The maximum Gasteiger partial charge on any atom is 0.132 e. The van der Waals surface area contributed by atoms with E-state index < -0.39 is 0 Å². The Bertz CT molecular complexity index is 296. The first-order chi connectivity index (χ1) is 6.43. The highest BCUT2D eigenvalue weighted by Crippen LogP contribution is 2.27. The van der Waals surface area contributed by atoms with E-state index in [-0.39, 0.29) is 0 Å². The molecule has 0 atom stereocenters. The highest BCUT2D eigenvalue weighted by atomic mass is 35.5. The third kappa shape index (κ3) is 2.27. The SMILES string of the molecule is Cc1cc(C(C)C)c(Cl)nc1C(C)C. The highest BCUT2D eigenvalue weighted by Gasteiger charge is 2.12. The number of hydrogen-bond donors (Lipinski definition) is 0. The number of aromatic nitrogens is 1. The van der Waals surface area contributed by atoms with Crippen LogP contribution in [0.4, 0.5) is 0 Å². The molecule has 0 fully saturated rings. The summed E-state index contributed by atoms with van der Waals surface area (Å²) in [5.41, 5.74) is 3.50. The van der Waals surface area contributed by atoms with Gasteiger partial charge in [0.15, 0.2) is 0 Å². The molecule has 0 N–H and O–H groups in total. The first kappa shape index (κ1) is 11.5. The van der Waals surface area contributed by atoms with Gasteiger partial charge >= 0.3 is 0 Å². The summed E-state index contributed by atoms with van der Waals surface area (Å²) in [6.45, 7) is 10.7. The van der Waals surface area contributed by atoms with E-state index in [2.05, 4.69) is 45.7 Å². The van der Waals surface area contributed by atoms with Crippen molar-refractivity contribution in [3.63, 3.8) is 0 Å². The second-order valence-corrected chi connectivity index (χ2v) is 4.74. The number of pyridine rings is 1. The number of hydrogen-bond acceptors (Lipinski definition) is 1. The van der Waals surface area contributed by atoms with Crippen LogP contribution in [0.15, 0.2) is 6.07 Å². The normalized spacial score (nSPS) is 11.4.